The summed E-state index contributed by atoms with van der Waals surface area (Å²) in [5.41, 5.74) is -0.915. The summed E-state index contributed by atoms with van der Waals surface area (Å²) in [5.74, 6) is 1.47. The minimum atomic E-state index is -0.915. The molecule has 1 aliphatic heterocycles. The van der Waals surface area contributed by atoms with Gasteiger partial charge < -0.3 is 20.6 Å². The molecule has 0 aromatic carbocycles. The predicted octanol–water partition coefficient (Wildman–Crippen LogP) is 2.24. The molecule has 1 aromatic rings. The fourth-order valence-corrected chi connectivity index (χ4v) is 3.86. The topological polar surface area (TPSA) is 59.9 Å². The minimum Gasteiger partial charge on any atom is -0.383 e. The molecule has 2 atom stereocenters. The highest BCUT2D eigenvalue weighted by Crippen LogP contribution is 2.25. The van der Waals surface area contributed by atoms with E-state index in [-0.39, 0.29) is 0 Å². The van der Waals surface area contributed by atoms with Gasteiger partial charge >= 0.3 is 0 Å². The Labute approximate surface area is 150 Å². The third kappa shape index (κ3) is 5.76. The fourth-order valence-electron chi connectivity index (χ4n) is 3.08. The smallest absolute Gasteiger partial charge is 0.191 e. The van der Waals surface area contributed by atoms with Crippen LogP contribution in [0.15, 0.2) is 22.5 Å². The monoisotopic (exact) mass is 352 g/mol. The van der Waals surface area contributed by atoms with E-state index in [9.17, 15) is 5.11 Å². The van der Waals surface area contributed by atoms with Crippen LogP contribution in [0.1, 0.15) is 38.5 Å². The number of hydrogen-bond donors (Lipinski definition) is 3. The third-order valence-corrected chi connectivity index (χ3v) is 5.53. The zero-order valence-corrected chi connectivity index (χ0v) is 16.0. The standard InChI is InChI=1S/C18H32N4OS/c1-4-9-22-10-8-15(13-22)12-20-17(19-5-2)21-14-18(3,23)16-7-6-11-24-16/h6-7,11,15,23H,4-5,8-10,12-14H2,1-3H3,(H2,19,20,21). The summed E-state index contributed by atoms with van der Waals surface area (Å²) in [4.78, 5) is 8.09. The molecule has 3 N–H and O–H groups in total. The summed E-state index contributed by atoms with van der Waals surface area (Å²) in [5, 5.41) is 19.3. The maximum atomic E-state index is 10.6. The van der Waals surface area contributed by atoms with E-state index < -0.39 is 5.60 Å². The van der Waals surface area contributed by atoms with Crippen LogP contribution in [0.4, 0.5) is 0 Å². The highest BCUT2D eigenvalue weighted by Gasteiger charge is 2.24. The molecular weight excluding hydrogens is 320 g/mol. The van der Waals surface area contributed by atoms with E-state index in [2.05, 4.69) is 34.4 Å². The maximum absolute atomic E-state index is 10.6. The first-order valence-corrected chi connectivity index (χ1v) is 9.94. The molecule has 24 heavy (non-hydrogen) atoms. The number of likely N-dealkylation sites (tertiary alicyclic amines) is 1. The zero-order valence-electron chi connectivity index (χ0n) is 15.2. The Balaban J connectivity index is 1.85. The van der Waals surface area contributed by atoms with Crippen molar-refractivity contribution >= 4 is 17.3 Å². The van der Waals surface area contributed by atoms with Crippen molar-refractivity contribution in [2.75, 3.05) is 39.3 Å². The Morgan fingerprint density at radius 1 is 1.46 bits per heavy atom. The van der Waals surface area contributed by atoms with Crippen molar-refractivity contribution in [2.45, 2.75) is 39.2 Å². The lowest BCUT2D eigenvalue weighted by Gasteiger charge is -2.21. The Kier molecular flexibility index (Phi) is 7.52. The van der Waals surface area contributed by atoms with Crippen LogP contribution in [0, 0.1) is 5.92 Å². The lowest BCUT2D eigenvalue weighted by Crippen LogP contribution is -2.41. The molecule has 1 aliphatic rings. The molecule has 2 heterocycles. The van der Waals surface area contributed by atoms with Crippen molar-refractivity contribution in [3.63, 3.8) is 0 Å². The van der Waals surface area contributed by atoms with Gasteiger partial charge in [-0.3, -0.25) is 0 Å². The molecule has 5 nitrogen and oxygen atoms in total. The normalized spacial score (nSPS) is 21.7. The second-order valence-corrected chi connectivity index (χ2v) is 7.73. The lowest BCUT2D eigenvalue weighted by molar-refractivity contribution is 0.0711. The van der Waals surface area contributed by atoms with Crippen LogP contribution in [0.2, 0.25) is 0 Å². The molecule has 0 amide bonds. The number of aliphatic imine (C=N–C) groups is 1. The van der Waals surface area contributed by atoms with E-state index >= 15 is 0 Å². The number of nitrogens with one attached hydrogen (secondary N) is 2. The van der Waals surface area contributed by atoms with E-state index in [1.165, 1.54) is 32.5 Å². The van der Waals surface area contributed by atoms with Crippen LogP contribution < -0.4 is 10.6 Å². The Morgan fingerprint density at radius 2 is 2.29 bits per heavy atom. The number of nitrogens with zero attached hydrogens (tertiary/aromatic N) is 2. The fraction of sp³-hybridized carbons (Fsp3) is 0.722. The predicted molar refractivity (Wildman–Crippen MR) is 103 cm³/mol. The number of rotatable bonds is 8. The van der Waals surface area contributed by atoms with Crippen LogP contribution in [0.5, 0.6) is 0 Å². The Hall–Kier alpha value is -1.11. The van der Waals surface area contributed by atoms with Gasteiger partial charge in [0, 0.05) is 24.5 Å². The van der Waals surface area contributed by atoms with E-state index in [4.69, 9.17) is 0 Å². The Morgan fingerprint density at radius 3 is 2.96 bits per heavy atom. The van der Waals surface area contributed by atoms with Crippen molar-refractivity contribution in [1.82, 2.24) is 15.5 Å². The van der Waals surface area contributed by atoms with Gasteiger partial charge in [-0.05, 0) is 57.1 Å². The molecule has 1 aromatic heterocycles. The van der Waals surface area contributed by atoms with Gasteiger partial charge in [-0.15, -0.1) is 11.3 Å². The first-order valence-electron chi connectivity index (χ1n) is 9.06. The molecule has 0 radical (unpaired) electrons. The molecular formula is C18H32N4OS. The summed E-state index contributed by atoms with van der Waals surface area (Å²) in [6.07, 6.45) is 2.47. The number of thiophene rings is 1. The summed E-state index contributed by atoms with van der Waals surface area (Å²) >= 11 is 1.57. The first kappa shape index (κ1) is 19.2. The minimum absolute atomic E-state index is 0.357. The average molecular weight is 353 g/mol. The first-order chi connectivity index (χ1) is 11.5. The van der Waals surface area contributed by atoms with Crippen molar-refractivity contribution in [3.8, 4) is 0 Å². The second kappa shape index (κ2) is 9.39. The van der Waals surface area contributed by atoms with Gasteiger partial charge in [-0.1, -0.05) is 13.0 Å². The van der Waals surface area contributed by atoms with Crippen molar-refractivity contribution in [2.24, 2.45) is 10.9 Å². The van der Waals surface area contributed by atoms with E-state index in [0.717, 1.165) is 23.9 Å². The third-order valence-electron chi connectivity index (χ3n) is 4.41. The van der Waals surface area contributed by atoms with Gasteiger partial charge in [-0.2, -0.15) is 0 Å². The molecule has 1 fully saturated rings. The van der Waals surface area contributed by atoms with Gasteiger partial charge in [0.1, 0.15) is 5.60 Å². The lowest BCUT2D eigenvalue weighted by atomic mass is 10.1. The van der Waals surface area contributed by atoms with E-state index in [1.54, 1.807) is 11.3 Å². The molecule has 0 bridgehead atoms. The quantitative estimate of drug-likeness (QED) is 0.496. The van der Waals surface area contributed by atoms with Crippen LogP contribution in [-0.2, 0) is 5.60 Å². The largest absolute Gasteiger partial charge is 0.383 e. The molecule has 0 spiro atoms. The van der Waals surface area contributed by atoms with Crippen molar-refractivity contribution in [3.05, 3.63) is 22.4 Å². The number of aliphatic hydroxyl groups is 1. The highest BCUT2D eigenvalue weighted by atomic mass is 32.1. The van der Waals surface area contributed by atoms with Crippen molar-refractivity contribution < 1.29 is 5.11 Å². The second-order valence-electron chi connectivity index (χ2n) is 6.78. The van der Waals surface area contributed by atoms with E-state index in [0.29, 0.717) is 12.5 Å². The van der Waals surface area contributed by atoms with E-state index in [1.807, 2.05) is 24.4 Å². The summed E-state index contributed by atoms with van der Waals surface area (Å²) in [6.45, 7) is 11.8. The number of hydrogen-bond acceptors (Lipinski definition) is 4. The van der Waals surface area contributed by atoms with Crippen LogP contribution in [-0.4, -0.2) is 55.2 Å². The van der Waals surface area contributed by atoms with Crippen LogP contribution >= 0.6 is 11.3 Å². The number of guanidine groups is 1. The van der Waals surface area contributed by atoms with Crippen molar-refractivity contribution in [1.29, 1.82) is 0 Å². The molecule has 0 aliphatic carbocycles. The van der Waals surface area contributed by atoms with Gasteiger partial charge in [0.25, 0.3) is 0 Å². The molecule has 2 unspecified atom stereocenters. The average Bonchev–Trinajstić information content (AvgIpc) is 3.22. The zero-order chi connectivity index (χ0) is 17.4. The Bertz CT molecular complexity index is 501. The van der Waals surface area contributed by atoms with Gasteiger partial charge in [0.2, 0.25) is 0 Å². The maximum Gasteiger partial charge on any atom is 0.191 e. The molecule has 136 valence electrons. The molecule has 1 saturated heterocycles. The summed E-state index contributed by atoms with van der Waals surface area (Å²) in [7, 11) is 0. The van der Waals surface area contributed by atoms with Crippen LogP contribution in [0.25, 0.3) is 0 Å². The summed E-state index contributed by atoms with van der Waals surface area (Å²) in [6, 6.07) is 3.92. The van der Waals surface area contributed by atoms with Crippen LogP contribution in [0.3, 0.4) is 0 Å². The van der Waals surface area contributed by atoms with Gasteiger partial charge in [0.15, 0.2) is 5.96 Å². The molecule has 2 rings (SSSR count). The summed E-state index contributed by atoms with van der Waals surface area (Å²) < 4.78 is 0. The van der Waals surface area contributed by atoms with Gasteiger partial charge in [0.05, 0.1) is 6.54 Å². The molecule has 6 heteroatoms. The van der Waals surface area contributed by atoms with Gasteiger partial charge in [-0.25, -0.2) is 4.99 Å². The molecule has 0 saturated carbocycles. The highest BCUT2D eigenvalue weighted by molar-refractivity contribution is 7.10. The SMILES string of the molecule is CCCN1CCC(CNC(=NCC(C)(O)c2cccs2)NCC)C1.